The van der Waals surface area contributed by atoms with Gasteiger partial charge in [0.25, 0.3) is 0 Å². The molecule has 0 aliphatic heterocycles. The van der Waals surface area contributed by atoms with Gasteiger partial charge in [-0.2, -0.15) is 0 Å². The smallest absolute Gasteiger partial charge is 0.150 e. The summed E-state index contributed by atoms with van der Waals surface area (Å²) in [6.45, 7) is 0. The molecule has 3 aromatic rings. The summed E-state index contributed by atoms with van der Waals surface area (Å²) in [5.41, 5.74) is 1.68. The summed E-state index contributed by atoms with van der Waals surface area (Å²) in [6.07, 6.45) is 8.27. The highest BCUT2D eigenvalue weighted by molar-refractivity contribution is 7.91. The first-order valence-corrected chi connectivity index (χ1v) is 12.7. The molecule has 1 saturated carbocycles. The second kappa shape index (κ2) is 9.34. The number of hydrogen-bond donors (Lipinski definition) is 1. The fourth-order valence-corrected chi connectivity index (χ4v) is 6.45. The molecule has 0 atom stereocenters. The Kier molecular flexibility index (Phi) is 6.55. The standard InChI is InChI=1S/C23H29FN4O2S/c1-28(23-21-11-12-25-22(21)26-16-27-23)20-9-7-18(8-10-20)15-31(29,30)13-3-5-17-4-2-6-19(24)14-17/h2,4,6,11-12,14,16,18,20H,3,5,7-10,13,15H2,1H3,(H,25,26,27). The van der Waals surface area contributed by atoms with Gasteiger partial charge in [-0.05, 0) is 68.2 Å². The van der Waals surface area contributed by atoms with Crippen LogP contribution in [0.5, 0.6) is 0 Å². The van der Waals surface area contributed by atoms with E-state index in [4.69, 9.17) is 0 Å². The summed E-state index contributed by atoms with van der Waals surface area (Å²) in [5, 5.41) is 1.01. The number of nitrogens with zero attached hydrogens (tertiary/aromatic N) is 3. The number of aromatic amines is 1. The third-order valence-electron chi connectivity index (χ3n) is 6.33. The first-order valence-electron chi connectivity index (χ1n) is 10.9. The van der Waals surface area contributed by atoms with Crippen LogP contribution in [0.15, 0.2) is 42.9 Å². The Balaban J connectivity index is 1.27. The van der Waals surface area contributed by atoms with Gasteiger partial charge in [0.15, 0.2) is 9.84 Å². The predicted octanol–water partition coefficient (Wildman–Crippen LogP) is 4.14. The van der Waals surface area contributed by atoms with Gasteiger partial charge in [0, 0.05) is 19.3 Å². The summed E-state index contributed by atoms with van der Waals surface area (Å²) in [7, 11) is -1.05. The summed E-state index contributed by atoms with van der Waals surface area (Å²) >= 11 is 0. The summed E-state index contributed by atoms with van der Waals surface area (Å²) in [6, 6.07) is 8.72. The highest BCUT2D eigenvalue weighted by Gasteiger charge is 2.28. The summed E-state index contributed by atoms with van der Waals surface area (Å²) in [5.74, 6) is 1.26. The van der Waals surface area contributed by atoms with Crippen molar-refractivity contribution in [2.75, 3.05) is 23.5 Å². The van der Waals surface area contributed by atoms with Crippen molar-refractivity contribution in [3.63, 3.8) is 0 Å². The van der Waals surface area contributed by atoms with Crippen LogP contribution in [0.1, 0.15) is 37.7 Å². The van der Waals surface area contributed by atoms with Crippen LogP contribution in [-0.2, 0) is 16.3 Å². The van der Waals surface area contributed by atoms with Gasteiger partial charge in [0.1, 0.15) is 23.6 Å². The van der Waals surface area contributed by atoms with Gasteiger partial charge in [-0.15, -0.1) is 0 Å². The number of H-pyrrole nitrogens is 1. The molecule has 2 heterocycles. The first-order chi connectivity index (χ1) is 14.9. The number of rotatable bonds is 8. The van der Waals surface area contributed by atoms with Gasteiger partial charge in [-0.25, -0.2) is 22.8 Å². The fraction of sp³-hybridized carbons (Fsp3) is 0.478. The highest BCUT2D eigenvalue weighted by atomic mass is 32.2. The van der Waals surface area contributed by atoms with Crippen molar-refractivity contribution in [1.82, 2.24) is 15.0 Å². The van der Waals surface area contributed by atoms with Crippen molar-refractivity contribution in [3.05, 3.63) is 54.2 Å². The zero-order chi connectivity index (χ0) is 21.8. The summed E-state index contributed by atoms with van der Waals surface area (Å²) < 4.78 is 38.5. The molecule has 1 aliphatic carbocycles. The van der Waals surface area contributed by atoms with Crippen molar-refractivity contribution in [1.29, 1.82) is 0 Å². The molecule has 0 bridgehead atoms. The number of sulfone groups is 1. The average molecular weight is 445 g/mol. The summed E-state index contributed by atoms with van der Waals surface area (Å²) in [4.78, 5) is 14.1. The third-order valence-corrected chi connectivity index (χ3v) is 8.22. The molecule has 166 valence electrons. The van der Waals surface area contributed by atoms with Crippen molar-refractivity contribution in [3.8, 4) is 0 Å². The molecule has 4 rings (SSSR count). The van der Waals surface area contributed by atoms with Crippen LogP contribution >= 0.6 is 0 Å². The largest absolute Gasteiger partial charge is 0.356 e. The van der Waals surface area contributed by atoms with E-state index in [1.165, 1.54) is 12.1 Å². The van der Waals surface area contributed by atoms with Gasteiger partial charge in [0.05, 0.1) is 16.9 Å². The minimum atomic E-state index is -3.10. The molecule has 1 fully saturated rings. The molecule has 6 nitrogen and oxygen atoms in total. The second-order valence-electron chi connectivity index (χ2n) is 8.57. The van der Waals surface area contributed by atoms with Crippen LogP contribution in [0.4, 0.5) is 10.2 Å². The topological polar surface area (TPSA) is 79.0 Å². The average Bonchev–Trinajstić information content (AvgIpc) is 3.22. The van der Waals surface area contributed by atoms with E-state index in [9.17, 15) is 12.8 Å². The molecular formula is C23H29FN4O2S. The third kappa shape index (κ3) is 5.42. The Hall–Kier alpha value is -2.48. The SMILES string of the molecule is CN(c1ncnc2[nH]ccc12)C1CCC(CS(=O)(=O)CCCc2cccc(F)c2)CC1. The number of benzene rings is 1. The van der Waals surface area contributed by atoms with Crippen LogP contribution in [-0.4, -0.2) is 48.0 Å². The van der Waals surface area contributed by atoms with Gasteiger partial charge in [0.2, 0.25) is 0 Å². The molecule has 0 radical (unpaired) electrons. The molecular weight excluding hydrogens is 415 g/mol. The lowest BCUT2D eigenvalue weighted by Gasteiger charge is -2.35. The molecule has 0 spiro atoms. The quantitative estimate of drug-likeness (QED) is 0.565. The van der Waals surface area contributed by atoms with E-state index in [1.54, 1.807) is 12.4 Å². The normalized spacial score (nSPS) is 19.5. The lowest BCUT2D eigenvalue weighted by molar-refractivity contribution is 0.340. The molecule has 2 aromatic heterocycles. The maximum absolute atomic E-state index is 13.3. The van der Waals surface area contributed by atoms with Crippen molar-refractivity contribution in [2.24, 2.45) is 5.92 Å². The van der Waals surface area contributed by atoms with Crippen LogP contribution < -0.4 is 4.90 Å². The molecule has 0 unspecified atom stereocenters. The fourth-order valence-electron chi connectivity index (χ4n) is 4.64. The monoisotopic (exact) mass is 444 g/mol. The van der Waals surface area contributed by atoms with Crippen LogP contribution in [0.2, 0.25) is 0 Å². The number of halogens is 1. The molecule has 0 amide bonds. The zero-order valence-corrected chi connectivity index (χ0v) is 18.6. The van der Waals surface area contributed by atoms with Gasteiger partial charge in [-0.3, -0.25) is 0 Å². The van der Waals surface area contributed by atoms with Crippen LogP contribution in [0.25, 0.3) is 11.0 Å². The maximum Gasteiger partial charge on any atom is 0.150 e. The number of hydrogen-bond acceptors (Lipinski definition) is 5. The Morgan fingerprint density at radius 2 is 1.97 bits per heavy atom. The Labute approximate surface area is 182 Å². The van der Waals surface area contributed by atoms with E-state index < -0.39 is 9.84 Å². The Bertz CT molecular complexity index is 1120. The minimum absolute atomic E-state index is 0.162. The highest BCUT2D eigenvalue weighted by Crippen LogP contribution is 2.32. The molecule has 1 N–H and O–H groups in total. The Morgan fingerprint density at radius 1 is 1.16 bits per heavy atom. The van der Waals surface area contributed by atoms with Crippen molar-refractivity contribution < 1.29 is 12.8 Å². The van der Waals surface area contributed by atoms with Gasteiger partial charge in [-0.1, -0.05) is 12.1 Å². The van der Waals surface area contributed by atoms with E-state index in [0.29, 0.717) is 18.9 Å². The van der Waals surface area contributed by atoms with E-state index in [-0.39, 0.29) is 23.2 Å². The molecule has 0 saturated heterocycles. The van der Waals surface area contributed by atoms with Gasteiger partial charge >= 0.3 is 0 Å². The first kappa shape index (κ1) is 21.7. The van der Waals surface area contributed by atoms with Crippen molar-refractivity contribution >= 4 is 26.7 Å². The lowest BCUT2D eigenvalue weighted by atomic mass is 9.86. The number of nitrogens with one attached hydrogen (secondary N) is 1. The van der Waals surface area contributed by atoms with Crippen molar-refractivity contribution in [2.45, 2.75) is 44.6 Å². The predicted molar refractivity (Wildman–Crippen MR) is 121 cm³/mol. The molecule has 1 aliphatic rings. The zero-order valence-electron chi connectivity index (χ0n) is 17.8. The van der Waals surface area contributed by atoms with E-state index in [0.717, 1.165) is 48.1 Å². The van der Waals surface area contributed by atoms with Gasteiger partial charge < -0.3 is 9.88 Å². The lowest BCUT2D eigenvalue weighted by Crippen LogP contribution is -2.37. The van der Waals surface area contributed by atoms with E-state index in [2.05, 4.69) is 26.9 Å². The van der Waals surface area contributed by atoms with E-state index in [1.807, 2.05) is 18.3 Å². The number of aromatic nitrogens is 3. The maximum atomic E-state index is 13.3. The number of fused-ring (bicyclic) bond motifs is 1. The second-order valence-corrected chi connectivity index (χ2v) is 10.8. The minimum Gasteiger partial charge on any atom is -0.356 e. The molecule has 1 aromatic carbocycles. The van der Waals surface area contributed by atoms with E-state index >= 15 is 0 Å². The molecule has 31 heavy (non-hydrogen) atoms. The van der Waals surface area contributed by atoms with Crippen LogP contribution in [0.3, 0.4) is 0 Å². The number of aryl methyl sites for hydroxylation is 1. The van der Waals surface area contributed by atoms with Crippen LogP contribution in [0, 0.1) is 11.7 Å². The molecule has 8 heteroatoms. The Morgan fingerprint density at radius 3 is 2.74 bits per heavy atom. The number of anilines is 1.